The summed E-state index contributed by atoms with van der Waals surface area (Å²) in [5.74, 6) is 0.163. The minimum Gasteiger partial charge on any atom is -0.478 e. The number of nitrogens with one attached hydrogen (secondary N) is 2. The number of thiol groups is 1. The largest absolute Gasteiger partial charge is 0.478 e. The fourth-order valence-electron chi connectivity index (χ4n) is 3.06. The molecule has 0 aliphatic rings. The molecule has 0 saturated heterocycles. The molecule has 162 valence electrons. The van der Waals surface area contributed by atoms with Crippen LogP contribution in [0, 0.1) is 17.8 Å². The molecule has 0 bridgehead atoms. The van der Waals surface area contributed by atoms with E-state index < -0.39 is 5.97 Å². The van der Waals surface area contributed by atoms with Gasteiger partial charge in [-0.25, -0.2) is 4.79 Å². The standard InChI is InChI=1S/C22H34N2O4S/c1-4-5-17(10-11-23-20(25)12-19(14-29)15(2)3)21(26)24-13-16-6-8-18(9-7-16)22(27)28/h6-9,15,17,19,29H,4-5,10-14H2,1-3H3,(H,23,25)(H,24,26)(H,27,28). The zero-order valence-corrected chi connectivity index (χ0v) is 18.5. The minimum absolute atomic E-state index is 0.00641. The van der Waals surface area contributed by atoms with Gasteiger partial charge >= 0.3 is 5.97 Å². The number of aromatic carboxylic acids is 1. The first kappa shape index (κ1) is 25.0. The molecule has 29 heavy (non-hydrogen) atoms. The number of hydrogen-bond donors (Lipinski definition) is 4. The second kappa shape index (κ2) is 13.2. The fourth-order valence-corrected chi connectivity index (χ4v) is 3.61. The van der Waals surface area contributed by atoms with Gasteiger partial charge in [0.25, 0.3) is 0 Å². The van der Waals surface area contributed by atoms with E-state index in [1.54, 1.807) is 12.1 Å². The van der Waals surface area contributed by atoms with E-state index >= 15 is 0 Å². The van der Waals surface area contributed by atoms with Crippen molar-refractivity contribution in [2.45, 2.75) is 53.0 Å². The molecule has 1 rings (SSSR count). The third-order valence-electron chi connectivity index (χ3n) is 5.12. The summed E-state index contributed by atoms with van der Waals surface area (Å²) in [6.45, 7) is 7.03. The molecule has 2 amide bonds. The normalized spacial score (nSPS) is 13.0. The topological polar surface area (TPSA) is 95.5 Å². The van der Waals surface area contributed by atoms with Crippen molar-refractivity contribution in [3.05, 3.63) is 35.4 Å². The van der Waals surface area contributed by atoms with Crippen LogP contribution in [-0.2, 0) is 16.1 Å². The van der Waals surface area contributed by atoms with Crippen LogP contribution in [0.4, 0.5) is 0 Å². The summed E-state index contributed by atoms with van der Waals surface area (Å²) >= 11 is 4.31. The number of hydrogen-bond acceptors (Lipinski definition) is 4. The average molecular weight is 423 g/mol. The Bertz CT molecular complexity index is 661. The molecule has 1 aromatic carbocycles. The van der Waals surface area contributed by atoms with Crippen LogP contribution >= 0.6 is 12.6 Å². The van der Waals surface area contributed by atoms with Gasteiger partial charge in [0.2, 0.25) is 11.8 Å². The summed E-state index contributed by atoms with van der Waals surface area (Å²) in [5.41, 5.74) is 1.07. The van der Waals surface area contributed by atoms with E-state index in [4.69, 9.17) is 5.11 Å². The average Bonchev–Trinajstić information content (AvgIpc) is 2.69. The van der Waals surface area contributed by atoms with E-state index in [9.17, 15) is 14.4 Å². The summed E-state index contributed by atoms with van der Waals surface area (Å²) in [6, 6.07) is 6.45. The molecule has 6 nitrogen and oxygen atoms in total. The lowest BCUT2D eigenvalue weighted by molar-refractivity contribution is -0.126. The van der Waals surface area contributed by atoms with Gasteiger partial charge in [0.15, 0.2) is 0 Å². The minimum atomic E-state index is -0.972. The van der Waals surface area contributed by atoms with Crippen LogP contribution in [0.2, 0.25) is 0 Å². The Morgan fingerprint density at radius 1 is 1.07 bits per heavy atom. The van der Waals surface area contributed by atoms with Gasteiger partial charge in [0.1, 0.15) is 0 Å². The van der Waals surface area contributed by atoms with E-state index in [1.807, 2.05) is 6.92 Å². The van der Waals surface area contributed by atoms with Crippen molar-refractivity contribution in [2.75, 3.05) is 12.3 Å². The molecule has 2 atom stereocenters. The number of rotatable bonds is 13. The number of carbonyl (C=O) groups is 3. The second-order valence-electron chi connectivity index (χ2n) is 7.73. The smallest absolute Gasteiger partial charge is 0.335 e. The molecule has 0 spiro atoms. The van der Waals surface area contributed by atoms with Crippen LogP contribution in [0.3, 0.4) is 0 Å². The van der Waals surface area contributed by atoms with Crippen LogP contribution in [0.15, 0.2) is 24.3 Å². The highest BCUT2D eigenvalue weighted by Crippen LogP contribution is 2.17. The molecule has 0 fully saturated rings. The number of carboxylic acids is 1. The third kappa shape index (κ3) is 9.35. The summed E-state index contributed by atoms with van der Waals surface area (Å²) in [5, 5.41) is 14.8. The first-order chi connectivity index (χ1) is 13.8. The molecule has 0 heterocycles. The SMILES string of the molecule is CCCC(CCNC(=O)CC(CS)C(C)C)C(=O)NCc1ccc(C(=O)O)cc1. The summed E-state index contributed by atoms with van der Waals surface area (Å²) in [4.78, 5) is 35.6. The quantitative estimate of drug-likeness (QED) is 0.366. The number of amides is 2. The van der Waals surface area contributed by atoms with E-state index in [0.717, 1.165) is 18.4 Å². The highest BCUT2D eigenvalue weighted by atomic mass is 32.1. The van der Waals surface area contributed by atoms with Gasteiger partial charge in [-0.05, 0) is 48.1 Å². The van der Waals surface area contributed by atoms with Gasteiger partial charge < -0.3 is 15.7 Å². The second-order valence-corrected chi connectivity index (χ2v) is 8.10. The lowest BCUT2D eigenvalue weighted by Gasteiger charge is -2.19. The van der Waals surface area contributed by atoms with E-state index in [0.29, 0.717) is 37.6 Å². The Hall–Kier alpha value is -2.02. The van der Waals surface area contributed by atoms with E-state index in [-0.39, 0.29) is 29.2 Å². The van der Waals surface area contributed by atoms with Gasteiger partial charge in [-0.3, -0.25) is 9.59 Å². The molecule has 0 radical (unpaired) electrons. The molecule has 3 N–H and O–H groups in total. The van der Waals surface area contributed by atoms with Crippen LogP contribution in [0.1, 0.15) is 62.4 Å². The van der Waals surface area contributed by atoms with Crippen LogP contribution in [0.5, 0.6) is 0 Å². The first-order valence-corrected chi connectivity index (χ1v) is 10.9. The van der Waals surface area contributed by atoms with Gasteiger partial charge in [-0.1, -0.05) is 39.3 Å². The summed E-state index contributed by atoms with van der Waals surface area (Å²) in [6.07, 6.45) is 2.69. The Balaban J connectivity index is 2.47. The molecular formula is C22H34N2O4S. The van der Waals surface area contributed by atoms with Crippen molar-refractivity contribution in [3.8, 4) is 0 Å². The maximum absolute atomic E-state index is 12.5. The van der Waals surface area contributed by atoms with Gasteiger partial charge in [0, 0.05) is 25.4 Å². The molecule has 2 unspecified atom stereocenters. The zero-order valence-electron chi connectivity index (χ0n) is 17.6. The Morgan fingerprint density at radius 2 is 1.72 bits per heavy atom. The maximum atomic E-state index is 12.5. The maximum Gasteiger partial charge on any atom is 0.335 e. The highest BCUT2D eigenvalue weighted by Gasteiger charge is 2.19. The molecule has 0 saturated carbocycles. The van der Waals surface area contributed by atoms with Crippen molar-refractivity contribution < 1.29 is 19.5 Å². The van der Waals surface area contributed by atoms with Crippen molar-refractivity contribution in [1.29, 1.82) is 0 Å². The Morgan fingerprint density at radius 3 is 2.24 bits per heavy atom. The number of carboxylic acid groups (broad SMARTS) is 1. The van der Waals surface area contributed by atoms with Crippen molar-refractivity contribution in [1.82, 2.24) is 10.6 Å². The number of carbonyl (C=O) groups excluding carboxylic acids is 2. The summed E-state index contributed by atoms with van der Waals surface area (Å²) < 4.78 is 0. The van der Waals surface area contributed by atoms with Crippen LogP contribution in [-0.4, -0.2) is 35.2 Å². The van der Waals surface area contributed by atoms with E-state index in [1.165, 1.54) is 12.1 Å². The summed E-state index contributed by atoms with van der Waals surface area (Å²) in [7, 11) is 0. The van der Waals surface area contributed by atoms with E-state index in [2.05, 4.69) is 37.1 Å². The molecule has 0 aliphatic heterocycles. The van der Waals surface area contributed by atoms with Gasteiger partial charge in [-0.2, -0.15) is 12.6 Å². The van der Waals surface area contributed by atoms with Gasteiger partial charge in [-0.15, -0.1) is 0 Å². The Labute approximate surface area is 179 Å². The molecule has 1 aromatic rings. The predicted octanol–water partition coefficient (Wildman–Crippen LogP) is 3.52. The first-order valence-electron chi connectivity index (χ1n) is 10.3. The monoisotopic (exact) mass is 422 g/mol. The lowest BCUT2D eigenvalue weighted by Crippen LogP contribution is -2.34. The predicted molar refractivity (Wildman–Crippen MR) is 118 cm³/mol. The molecule has 0 aliphatic carbocycles. The molecular weight excluding hydrogens is 388 g/mol. The molecule has 7 heteroatoms. The Kier molecular flexibility index (Phi) is 11.4. The van der Waals surface area contributed by atoms with Crippen molar-refractivity contribution >= 4 is 30.4 Å². The van der Waals surface area contributed by atoms with Crippen LogP contribution in [0.25, 0.3) is 0 Å². The molecule has 0 aromatic heterocycles. The van der Waals surface area contributed by atoms with Crippen LogP contribution < -0.4 is 10.6 Å². The zero-order chi connectivity index (χ0) is 21.8. The lowest BCUT2D eigenvalue weighted by atomic mass is 9.94. The number of benzene rings is 1. The third-order valence-corrected chi connectivity index (χ3v) is 5.58. The van der Waals surface area contributed by atoms with Gasteiger partial charge in [0.05, 0.1) is 5.56 Å². The highest BCUT2D eigenvalue weighted by molar-refractivity contribution is 7.80. The van der Waals surface area contributed by atoms with Crippen molar-refractivity contribution in [3.63, 3.8) is 0 Å². The van der Waals surface area contributed by atoms with Crippen molar-refractivity contribution in [2.24, 2.45) is 17.8 Å². The fraction of sp³-hybridized carbons (Fsp3) is 0.591.